The van der Waals surface area contributed by atoms with Gasteiger partial charge in [0.25, 0.3) is 11.6 Å². The number of carbonyl (C=O) groups excluding carboxylic acids is 1. The molecule has 2 aromatic rings. The van der Waals surface area contributed by atoms with Crippen LogP contribution < -0.4 is 11.1 Å². The summed E-state index contributed by atoms with van der Waals surface area (Å²) < 4.78 is 0. The fourth-order valence-electron chi connectivity index (χ4n) is 1.61. The summed E-state index contributed by atoms with van der Waals surface area (Å²) in [5.41, 5.74) is 8.08. The van der Waals surface area contributed by atoms with Crippen molar-refractivity contribution in [1.29, 1.82) is 0 Å². The van der Waals surface area contributed by atoms with Gasteiger partial charge in [0.2, 0.25) is 0 Å². The number of rotatable bonds is 5. The van der Waals surface area contributed by atoms with Gasteiger partial charge in [-0.3, -0.25) is 14.9 Å². The summed E-state index contributed by atoms with van der Waals surface area (Å²) in [4.78, 5) is 26.1. The van der Waals surface area contributed by atoms with Crippen LogP contribution in [-0.2, 0) is 6.42 Å². The highest BCUT2D eigenvalue weighted by atomic mass is 32.1. The Morgan fingerprint density at radius 2 is 2.30 bits per heavy atom. The minimum atomic E-state index is -0.610. The van der Waals surface area contributed by atoms with Crippen molar-refractivity contribution < 1.29 is 9.72 Å². The lowest BCUT2D eigenvalue weighted by Gasteiger charge is -2.05. The summed E-state index contributed by atoms with van der Waals surface area (Å²) in [6, 6.07) is 3.99. The molecular formula is C12H12N4O3S. The van der Waals surface area contributed by atoms with Crippen molar-refractivity contribution >= 4 is 28.6 Å². The van der Waals surface area contributed by atoms with Crippen LogP contribution in [0.25, 0.3) is 0 Å². The number of nitrogens with zero attached hydrogens (tertiary/aromatic N) is 2. The molecule has 104 valence electrons. The van der Waals surface area contributed by atoms with Crippen LogP contribution in [0.15, 0.2) is 29.1 Å². The highest BCUT2D eigenvalue weighted by molar-refractivity contribution is 7.07. The lowest BCUT2D eigenvalue weighted by atomic mass is 10.1. The number of nitro benzene ring substituents is 1. The second kappa shape index (κ2) is 6.11. The van der Waals surface area contributed by atoms with Gasteiger partial charge in [-0.05, 0) is 12.1 Å². The molecule has 0 bridgehead atoms. The molecule has 1 aromatic carbocycles. The molecule has 0 aliphatic carbocycles. The van der Waals surface area contributed by atoms with E-state index < -0.39 is 4.92 Å². The molecule has 0 unspecified atom stereocenters. The molecule has 0 spiro atoms. The molecule has 0 fully saturated rings. The molecule has 0 saturated carbocycles. The first-order valence-electron chi connectivity index (χ1n) is 5.77. The average molecular weight is 292 g/mol. The maximum Gasteiger partial charge on any atom is 0.292 e. The Balaban J connectivity index is 1.98. The van der Waals surface area contributed by atoms with E-state index >= 15 is 0 Å². The summed E-state index contributed by atoms with van der Waals surface area (Å²) in [7, 11) is 0. The summed E-state index contributed by atoms with van der Waals surface area (Å²) in [6.45, 7) is 0.417. The van der Waals surface area contributed by atoms with Crippen LogP contribution in [0.1, 0.15) is 16.1 Å². The van der Waals surface area contributed by atoms with Gasteiger partial charge in [-0.1, -0.05) is 0 Å². The highest BCUT2D eigenvalue weighted by Gasteiger charge is 2.15. The van der Waals surface area contributed by atoms with Crippen LogP contribution in [0.2, 0.25) is 0 Å². The van der Waals surface area contributed by atoms with E-state index in [2.05, 4.69) is 10.3 Å². The Bertz CT molecular complexity index is 628. The lowest BCUT2D eigenvalue weighted by molar-refractivity contribution is -0.383. The van der Waals surface area contributed by atoms with Gasteiger partial charge in [0.1, 0.15) is 5.69 Å². The van der Waals surface area contributed by atoms with E-state index in [1.807, 2.05) is 5.38 Å². The van der Waals surface area contributed by atoms with Crippen LogP contribution in [-0.4, -0.2) is 22.4 Å². The van der Waals surface area contributed by atoms with Crippen molar-refractivity contribution in [3.05, 3.63) is 50.5 Å². The molecule has 20 heavy (non-hydrogen) atoms. The van der Waals surface area contributed by atoms with Crippen molar-refractivity contribution in [2.24, 2.45) is 0 Å². The maximum absolute atomic E-state index is 11.9. The number of carbonyl (C=O) groups is 1. The second-order valence-electron chi connectivity index (χ2n) is 4.02. The van der Waals surface area contributed by atoms with Crippen molar-refractivity contribution in [2.75, 3.05) is 12.3 Å². The van der Waals surface area contributed by atoms with Crippen LogP contribution >= 0.6 is 11.3 Å². The van der Waals surface area contributed by atoms with Crippen molar-refractivity contribution in [3.8, 4) is 0 Å². The smallest absolute Gasteiger partial charge is 0.292 e. The first-order chi connectivity index (χ1) is 9.58. The number of aromatic nitrogens is 1. The number of hydrogen-bond donors (Lipinski definition) is 2. The molecule has 0 atom stereocenters. The molecule has 2 rings (SSSR count). The lowest BCUT2D eigenvalue weighted by Crippen LogP contribution is -2.25. The fraction of sp³-hybridized carbons (Fsp3) is 0.167. The Labute approximate surface area is 118 Å². The standard InChI is InChI=1S/C12H12N4O3S/c13-10-2-1-8(5-11(10)16(18)19)12(17)14-4-3-9-6-20-7-15-9/h1-2,5-7H,3-4,13H2,(H,14,17). The summed E-state index contributed by atoms with van der Waals surface area (Å²) in [5, 5.41) is 15.3. The normalized spacial score (nSPS) is 10.2. The molecule has 0 aliphatic heterocycles. The number of thiazole rings is 1. The van der Waals surface area contributed by atoms with Crippen molar-refractivity contribution in [3.63, 3.8) is 0 Å². The number of hydrogen-bond acceptors (Lipinski definition) is 6. The quantitative estimate of drug-likeness (QED) is 0.494. The summed E-state index contributed by atoms with van der Waals surface area (Å²) >= 11 is 1.49. The number of anilines is 1. The second-order valence-corrected chi connectivity index (χ2v) is 4.74. The van der Waals surface area contributed by atoms with E-state index in [-0.39, 0.29) is 22.8 Å². The van der Waals surface area contributed by atoms with E-state index in [1.165, 1.54) is 29.5 Å². The molecule has 0 aliphatic rings. The molecule has 3 N–H and O–H groups in total. The van der Waals surface area contributed by atoms with Gasteiger partial charge in [-0.25, -0.2) is 4.98 Å². The molecule has 7 nitrogen and oxygen atoms in total. The minimum Gasteiger partial charge on any atom is -0.393 e. The summed E-state index contributed by atoms with van der Waals surface area (Å²) in [5.74, 6) is -0.372. The summed E-state index contributed by atoms with van der Waals surface area (Å²) in [6.07, 6.45) is 0.617. The molecule has 0 saturated heterocycles. The number of nitrogens with two attached hydrogens (primary N) is 1. The Hall–Kier alpha value is -2.48. The number of nitrogens with one attached hydrogen (secondary N) is 1. The zero-order valence-corrected chi connectivity index (χ0v) is 11.2. The minimum absolute atomic E-state index is 0.0361. The highest BCUT2D eigenvalue weighted by Crippen LogP contribution is 2.22. The first-order valence-corrected chi connectivity index (χ1v) is 6.71. The van der Waals surface area contributed by atoms with Crippen molar-refractivity contribution in [1.82, 2.24) is 10.3 Å². The van der Waals surface area contributed by atoms with Gasteiger partial charge < -0.3 is 11.1 Å². The molecule has 1 heterocycles. The number of amides is 1. The topological polar surface area (TPSA) is 111 Å². The largest absolute Gasteiger partial charge is 0.393 e. The first kappa shape index (κ1) is 13.9. The third kappa shape index (κ3) is 3.29. The zero-order chi connectivity index (χ0) is 14.5. The molecule has 1 aromatic heterocycles. The van der Waals surface area contributed by atoms with Crippen LogP contribution in [0.5, 0.6) is 0 Å². The van der Waals surface area contributed by atoms with Crippen LogP contribution in [0.4, 0.5) is 11.4 Å². The maximum atomic E-state index is 11.9. The van der Waals surface area contributed by atoms with Gasteiger partial charge in [0, 0.05) is 30.0 Å². The van der Waals surface area contributed by atoms with Gasteiger partial charge in [-0.2, -0.15) is 0 Å². The third-order valence-corrected chi connectivity index (χ3v) is 3.27. The number of benzene rings is 1. The van der Waals surface area contributed by atoms with Gasteiger partial charge in [0.15, 0.2) is 0 Å². The predicted molar refractivity (Wildman–Crippen MR) is 75.7 cm³/mol. The Morgan fingerprint density at radius 3 is 2.95 bits per heavy atom. The number of nitrogen functional groups attached to an aromatic ring is 1. The predicted octanol–water partition coefficient (Wildman–Crippen LogP) is 1.61. The van der Waals surface area contributed by atoms with Crippen LogP contribution in [0.3, 0.4) is 0 Å². The number of nitro groups is 1. The van der Waals surface area contributed by atoms with E-state index in [4.69, 9.17) is 5.73 Å². The zero-order valence-electron chi connectivity index (χ0n) is 10.4. The Morgan fingerprint density at radius 1 is 1.50 bits per heavy atom. The fourth-order valence-corrected chi connectivity index (χ4v) is 2.20. The molecule has 0 radical (unpaired) electrons. The van der Waals surface area contributed by atoms with E-state index in [0.717, 1.165) is 5.69 Å². The van der Waals surface area contributed by atoms with E-state index in [1.54, 1.807) is 5.51 Å². The monoisotopic (exact) mass is 292 g/mol. The Kier molecular flexibility index (Phi) is 4.26. The third-order valence-electron chi connectivity index (χ3n) is 2.64. The van der Waals surface area contributed by atoms with Gasteiger partial charge in [-0.15, -0.1) is 11.3 Å². The van der Waals surface area contributed by atoms with E-state index in [9.17, 15) is 14.9 Å². The molecule has 1 amide bonds. The van der Waals surface area contributed by atoms with Crippen LogP contribution in [0, 0.1) is 10.1 Å². The molecular weight excluding hydrogens is 280 g/mol. The SMILES string of the molecule is Nc1ccc(C(=O)NCCc2cscn2)cc1[N+](=O)[O-]. The van der Waals surface area contributed by atoms with Gasteiger partial charge in [0.05, 0.1) is 16.1 Å². The van der Waals surface area contributed by atoms with E-state index in [0.29, 0.717) is 13.0 Å². The van der Waals surface area contributed by atoms with Gasteiger partial charge >= 0.3 is 0 Å². The van der Waals surface area contributed by atoms with Crippen molar-refractivity contribution in [2.45, 2.75) is 6.42 Å². The molecule has 8 heteroatoms. The average Bonchev–Trinajstić information content (AvgIpc) is 2.92.